The van der Waals surface area contributed by atoms with E-state index in [2.05, 4.69) is 13.8 Å². The lowest BCUT2D eigenvalue weighted by Gasteiger charge is -2.09. The van der Waals surface area contributed by atoms with Crippen molar-refractivity contribution in [3.8, 4) is 16.9 Å². The maximum absolute atomic E-state index is 10.8. The Balaban J connectivity index is 2.11. The van der Waals surface area contributed by atoms with Crippen LogP contribution in [0.1, 0.15) is 24.2 Å². The number of hydrogen-bond acceptors (Lipinski definition) is 2. The van der Waals surface area contributed by atoms with E-state index in [9.17, 15) is 4.79 Å². The Bertz CT molecular complexity index is 568. The molecule has 2 rings (SSSR count). The average molecular weight is 270 g/mol. The van der Waals surface area contributed by atoms with E-state index in [0.29, 0.717) is 18.1 Å². The molecule has 0 aliphatic rings. The van der Waals surface area contributed by atoms with Gasteiger partial charge in [-0.1, -0.05) is 38.1 Å². The van der Waals surface area contributed by atoms with Crippen LogP contribution in [0, 0.1) is 5.92 Å². The summed E-state index contributed by atoms with van der Waals surface area (Å²) in [5, 5.41) is 8.87. The molecule has 1 N–H and O–H groups in total. The Kier molecular flexibility index (Phi) is 4.41. The van der Waals surface area contributed by atoms with Gasteiger partial charge in [0.05, 0.1) is 12.2 Å². The van der Waals surface area contributed by atoms with Gasteiger partial charge in [0.25, 0.3) is 0 Å². The molecule has 0 saturated carbocycles. The highest BCUT2D eigenvalue weighted by atomic mass is 16.5. The van der Waals surface area contributed by atoms with Crippen LogP contribution in [-0.2, 0) is 0 Å². The van der Waals surface area contributed by atoms with Crippen LogP contribution in [0.2, 0.25) is 0 Å². The van der Waals surface area contributed by atoms with Crippen LogP contribution < -0.4 is 4.74 Å². The topological polar surface area (TPSA) is 46.5 Å². The van der Waals surface area contributed by atoms with Crippen LogP contribution in [0.5, 0.6) is 5.75 Å². The number of carbonyl (C=O) groups is 1. The molecule has 3 heteroatoms. The molecule has 0 spiro atoms. The summed E-state index contributed by atoms with van der Waals surface area (Å²) >= 11 is 0. The van der Waals surface area contributed by atoms with Crippen LogP contribution in [-0.4, -0.2) is 17.7 Å². The molecule has 0 unspecified atom stereocenters. The predicted molar refractivity (Wildman–Crippen MR) is 79.2 cm³/mol. The van der Waals surface area contributed by atoms with E-state index in [1.807, 2.05) is 36.4 Å². The number of carboxylic acid groups (broad SMARTS) is 1. The third-order valence-electron chi connectivity index (χ3n) is 2.90. The number of carboxylic acids is 1. The van der Waals surface area contributed by atoms with Crippen LogP contribution >= 0.6 is 0 Å². The van der Waals surface area contributed by atoms with E-state index < -0.39 is 5.97 Å². The molecule has 0 atom stereocenters. The zero-order chi connectivity index (χ0) is 14.5. The second kappa shape index (κ2) is 6.24. The Morgan fingerprint density at radius 2 is 1.50 bits per heavy atom. The van der Waals surface area contributed by atoms with Crippen molar-refractivity contribution < 1.29 is 14.6 Å². The quantitative estimate of drug-likeness (QED) is 0.890. The molecular formula is C17H18O3. The fraction of sp³-hybridized carbons (Fsp3) is 0.235. The van der Waals surface area contributed by atoms with Gasteiger partial charge in [0.1, 0.15) is 5.75 Å². The summed E-state index contributed by atoms with van der Waals surface area (Å²) < 4.78 is 5.63. The molecule has 2 aromatic carbocycles. The van der Waals surface area contributed by atoms with Crippen molar-refractivity contribution in [3.05, 3.63) is 54.1 Å². The number of rotatable bonds is 5. The molecular weight excluding hydrogens is 252 g/mol. The van der Waals surface area contributed by atoms with E-state index in [0.717, 1.165) is 16.9 Å². The van der Waals surface area contributed by atoms with E-state index in [-0.39, 0.29) is 0 Å². The van der Waals surface area contributed by atoms with Crippen molar-refractivity contribution in [1.82, 2.24) is 0 Å². The van der Waals surface area contributed by atoms with Gasteiger partial charge in [-0.15, -0.1) is 0 Å². The molecule has 0 aliphatic carbocycles. The number of benzene rings is 2. The van der Waals surface area contributed by atoms with Gasteiger partial charge in [0.2, 0.25) is 0 Å². The van der Waals surface area contributed by atoms with E-state index in [4.69, 9.17) is 9.84 Å². The minimum Gasteiger partial charge on any atom is -0.493 e. The van der Waals surface area contributed by atoms with Crippen LogP contribution in [0.25, 0.3) is 11.1 Å². The fourth-order valence-corrected chi connectivity index (χ4v) is 1.81. The lowest BCUT2D eigenvalue weighted by atomic mass is 10.0. The highest BCUT2D eigenvalue weighted by Crippen LogP contribution is 2.23. The Hall–Kier alpha value is -2.29. The van der Waals surface area contributed by atoms with Crippen molar-refractivity contribution in [3.63, 3.8) is 0 Å². The van der Waals surface area contributed by atoms with E-state index in [1.165, 1.54) is 0 Å². The minimum absolute atomic E-state index is 0.297. The number of aromatic carboxylic acids is 1. The van der Waals surface area contributed by atoms with Crippen molar-refractivity contribution in [1.29, 1.82) is 0 Å². The number of ether oxygens (including phenoxy) is 1. The zero-order valence-corrected chi connectivity index (χ0v) is 11.7. The maximum Gasteiger partial charge on any atom is 0.335 e. The standard InChI is InChI=1S/C17H18O3/c1-12(2)11-20-16-9-7-14(8-10-16)13-3-5-15(6-4-13)17(18)19/h3-10,12H,11H2,1-2H3,(H,18,19). The second-order valence-electron chi connectivity index (χ2n) is 5.11. The van der Waals surface area contributed by atoms with Gasteiger partial charge in [-0.2, -0.15) is 0 Å². The number of hydrogen-bond donors (Lipinski definition) is 1. The van der Waals surface area contributed by atoms with Crippen LogP contribution in [0.4, 0.5) is 0 Å². The first kappa shape index (κ1) is 14.1. The van der Waals surface area contributed by atoms with Gasteiger partial charge >= 0.3 is 5.97 Å². The highest BCUT2D eigenvalue weighted by molar-refractivity contribution is 5.88. The molecule has 0 fully saturated rings. The van der Waals surface area contributed by atoms with Gasteiger partial charge in [0, 0.05) is 0 Å². The molecule has 0 bridgehead atoms. The van der Waals surface area contributed by atoms with Gasteiger partial charge in [-0.3, -0.25) is 0 Å². The summed E-state index contributed by atoms with van der Waals surface area (Å²) in [6, 6.07) is 14.7. The normalized spacial score (nSPS) is 10.6. The Morgan fingerprint density at radius 3 is 1.95 bits per heavy atom. The molecule has 0 radical (unpaired) electrons. The van der Waals surface area contributed by atoms with Crippen molar-refractivity contribution in [2.45, 2.75) is 13.8 Å². The molecule has 0 saturated heterocycles. The first-order valence-electron chi connectivity index (χ1n) is 6.63. The van der Waals surface area contributed by atoms with Crippen LogP contribution in [0.3, 0.4) is 0 Å². The lowest BCUT2D eigenvalue weighted by molar-refractivity contribution is 0.0697. The fourth-order valence-electron chi connectivity index (χ4n) is 1.81. The summed E-state index contributed by atoms with van der Waals surface area (Å²) in [7, 11) is 0. The average Bonchev–Trinajstić information content (AvgIpc) is 2.46. The molecule has 0 aromatic heterocycles. The first-order chi connectivity index (χ1) is 9.56. The van der Waals surface area contributed by atoms with Crippen molar-refractivity contribution in [2.24, 2.45) is 5.92 Å². The third kappa shape index (κ3) is 3.60. The zero-order valence-electron chi connectivity index (χ0n) is 11.7. The molecule has 20 heavy (non-hydrogen) atoms. The van der Waals surface area contributed by atoms with Gasteiger partial charge in [-0.05, 0) is 41.3 Å². The molecule has 0 aliphatic heterocycles. The summed E-state index contributed by atoms with van der Waals surface area (Å²) in [4.78, 5) is 10.8. The Labute approximate surface area is 118 Å². The highest BCUT2D eigenvalue weighted by Gasteiger charge is 2.03. The summed E-state index contributed by atoms with van der Waals surface area (Å²) in [6.45, 7) is 4.92. The summed E-state index contributed by atoms with van der Waals surface area (Å²) in [6.07, 6.45) is 0. The largest absolute Gasteiger partial charge is 0.493 e. The molecule has 2 aromatic rings. The summed E-state index contributed by atoms with van der Waals surface area (Å²) in [5.74, 6) is 0.442. The van der Waals surface area contributed by atoms with Gasteiger partial charge in [0.15, 0.2) is 0 Å². The molecule has 104 valence electrons. The molecule has 3 nitrogen and oxygen atoms in total. The SMILES string of the molecule is CC(C)COc1ccc(-c2ccc(C(=O)O)cc2)cc1. The Morgan fingerprint density at radius 1 is 1.00 bits per heavy atom. The predicted octanol–water partition coefficient (Wildman–Crippen LogP) is 4.09. The van der Waals surface area contributed by atoms with Gasteiger partial charge < -0.3 is 9.84 Å². The smallest absolute Gasteiger partial charge is 0.335 e. The molecule has 0 amide bonds. The van der Waals surface area contributed by atoms with Crippen molar-refractivity contribution in [2.75, 3.05) is 6.61 Å². The first-order valence-corrected chi connectivity index (χ1v) is 6.63. The maximum atomic E-state index is 10.8. The third-order valence-corrected chi connectivity index (χ3v) is 2.90. The second-order valence-corrected chi connectivity index (χ2v) is 5.11. The monoisotopic (exact) mass is 270 g/mol. The van der Waals surface area contributed by atoms with Crippen LogP contribution in [0.15, 0.2) is 48.5 Å². The van der Waals surface area contributed by atoms with E-state index in [1.54, 1.807) is 12.1 Å². The molecule has 0 heterocycles. The summed E-state index contributed by atoms with van der Waals surface area (Å²) in [5.41, 5.74) is 2.33. The van der Waals surface area contributed by atoms with E-state index >= 15 is 0 Å². The van der Waals surface area contributed by atoms with Crippen molar-refractivity contribution >= 4 is 5.97 Å². The van der Waals surface area contributed by atoms with Gasteiger partial charge in [-0.25, -0.2) is 4.79 Å². The lowest BCUT2D eigenvalue weighted by Crippen LogP contribution is -2.04. The minimum atomic E-state index is -0.908.